The van der Waals surface area contributed by atoms with Crippen LogP contribution in [0.3, 0.4) is 0 Å². The molecule has 1 aromatic rings. The molecule has 4 nitrogen and oxygen atoms in total. The molecule has 0 radical (unpaired) electrons. The molecule has 0 aliphatic carbocycles. The van der Waals surface area contributed by atoms with Crippen LogP contribution in [-0.2, 0) is 0 Å². The van der Waals surface area contributed by atoms with Gasteiger partial charge in [0.1, 0.15) is 0 Å². The van der Waals surface area contributed by atoms with Gasteiger partial charge in [0.25, 0.3) is 0 Å². The molecule has 0 fully saturated rings. The van der Waals surface area contributed by atoms with Crippen LogP contribution < -0.4 is 5.32 Å². The van der Waals surface area contributed by atoms with E-state index in [0.717, 1.165) is 28.4 Å². The number of aromatic nitrogens is 2. The molecular weight excluding hydrogens is 254 g/mol. The Hall–Kier alpha value is -0.200. The average molecular weight is 266 g/mol. The van der Waals surface area contributed by atoms with Gasteiger partial charge in [-0.25, -0.2) is 0 Å². The maximum atomic E-state index is 8.99. The highest BCUT2D eigenvalue weighted by molar-refractivity contribution is 9.11. The Balaban J connectivity index is 2.13. The lowest BCUT2D eigenvalue weighted by Crippen LogP contribution is -2.06. The van der Waals surface area contributed by atoms with E-state index in [-0.39, 0.29) is 6.10 Å². The van der Waals surface area contributed by atoms with Crippen LogP contribution in [0.1, 0.15) is 19.8 Å². The van der Waals surface area contributed by atoms with Crippen molar-refractivity contribution < 1.29 is 5.11 Å². The zero-order chi connectivity index (χ0) is 9.68. The van der Waals surface area contributed by atoms with Crippen LogP contribution in [0.25, 0.3) is 0 Å². The fourth-order valence-electron chi connectivity index (χ4n) is 0.870. The van der Waals surface area contributed by atoms with Gasteiger partial charge in [0.05, 0.1) is 6.10 Å². The SMILES string of the molecule is CC(O)CCCNc1nnc(Br)s1. The van der Waals surface area contributed by atoms with Crippen molar-refractivity contribution in [3.8, 4) is 0 Å². The summed E-state index contributed by atoms with van der Waals surface area (Å²) in [6.07, 6.45) is 1.53. The van der Waals surface area contributed by atoms with Gasteiger partial charge in [0.15, 0.2) is 3.92 Å². The maximum Gasteiger partial charge on any atom is 0.206 e. The van der Waals surface area contributed by atoms with Crippen molar-refractivity contribution in [1.82, 2.24) is 10.2 Å². The van der Waals surface area contributed by atoms with Crippen molar-refractivity contribution in [3.63, 3.8) is 0 Å². The Morgan fingerprint density at radius 3 is 2.92 bits per heavy atom. The minimum atomic E-state index is -0.219. The van der Waals surface area contributed by atoms with Crippen molar-refractivity contribution in [1.29, 1.82) is 0 Å². The van der Waals surface area contributed by atoms with E-state index in [1.807, 2.05) is 0 Å². The zero-order valence-electron chi connectivity index (χ0n) is 7.33. The monoisotopic (exact) mass is 265 g/mol. The average Bonchev–Trinajstić information content (AvgIpc) is 2.45. The Morgan fingerprint density at radius 1 is 1.62 bits per heavy atom. The third-order valence-electron chi connectivity index (χ3n) is 1.48. The quantitative estimate of drug-likeness (QED) is 0.799. The fraction of sp³-hybridized carbons (Fsp3) is 0.714. The molecule has 1 heterocycles. The first-order chi connectivity index (χ1) is 6.18. The van der Waals surface area contributed by atoms with E-state index < -0.39 is 0 Å². The second kappa shape index (κ2) is 5.51. The number of hydrogen-bond acceptors (Lipinski definition) is 5. The molecule has 1 aromatic heterocycles. The van der Waals surface area contributed by atoms with Crippen LogP contribution >= 0.6 is 27.3 Å². The van der Waals surface area contributed by atoms with E-state index in [1.165, 1.54) is 11.3 Å². The second-order valence-electron chi connectivity index (χ2n) is 2.78. The number of anilines is 1. The lowest BCUT2D eigenvalue weighted by atomic mass is 10.2. The smallest absolute Gasteiger partial charge is 0.206 e. The number of aliphatic hydroxyl groups is 1. The first-order valence-electron chi connectivity index (χ1n) is 4.09. The molecule has 6 heteroatoms. The summed E-state index contributed by atoms with van der Waals surface area (Å²) in [6, 6.07) is 0. The van der Waals surface area contributed by atoms with E-state index in [1.54, 1.807) is 6.92 Å². The lowest BCUT2D eigenvalue weighted by Gasteiger charge is -2.03. The van der Waals surface area contributed by atoms with Crippen molar-refractivity contribution in [2.75, 3.05) is 11.9 Å². The van der Waals surface area contributed by atoms with Gasteiger partial charge in [-0.2, -0.15) is 0 Å². The second-order valence-corrected chi connectivity index (χ2v) is 5.03. The first-order valence-corrected chi connectivity index (χ1v) is 5.70. The first kappa shape index (κ1) is 10.9. The highest BCUT2D eigenvalue weighted by atomic mass is 79.9. The number of halogens is 1. The molecule has 1 rings (SSSR count). The molecule has 0 aliphatic rings. The molecule has 1 unspecified atom stereocenters. The summed E-state index contributed by atoms with van der Waals surface area (Å²) in [5.41, 5.74) is 0. The number of nitrogens with zero attached hydrogens (tertiary/aromatic N) is 2. The molecule has 1 atom stereocenters. The van der Waals surface area contributed by atoms with Crippen LogP contribution in [0, 0.1) is 0 Å². The van der Waals surface area contributed by atoms with Gasteiger partial charge in [-0.1, -0.05) is 11.3 Å². The third-order valence-corrected chi connectivity index (χ3v) is 2.79. The summed E-state index contributed by atoms with van der Waals surface area (Å²) in [6.45, 7) is 2.62. The van der Waals surface area contributed by atoms with Gasteiger partial charge in [-0.3, -0.25) is 0 Å². The standard InChI is InChI=1S/C7H12BrN3OS/c1-5(12)3-2-4-9-7-11-10-6(8)13-7/h5,12H,2-4H2,1H3,(H,9,11). The Labute approximate surface area is 89.5 Å². The highest BCUT2D eigenvalue weighted by Crippen LogP contribution is 2.19. The normalized spacial score (nSPS) is 12.8. The number of rotatable bonds is 5. The van der Waals surface area contributed by atoms with Crippen molar-refractivity contribution >= 4 is 32.4 Å². The van der Waals surface area contributed by atoms with Crippen molar-refractivity contribution in [3.05, 3.63) is 3.92 Å². The molecule has 13 heavy (non-hydrogen) atoms. The molecule has 2 N–H and O–H groups in total. The molecule has 0 aromatic carbocycles. The van der Waals surface area contributed by atoms with E-state index in [0.29, 0.717) is 0 Å². The summed E-state index contributed by atoms with van der Waals surface area (Å²) in [7, 11) is 0. The number of aliphatic hydroxyl groups excluding tert-OH is 1. The number of nitrogens with one attached hydrogen (secondary N) is 1. The van der Waals surface area contributed by atoms with Crippen molar-refractivity contribution in [2.24, 2.45) is 0 Å². The predicted molar refractivity (Wildman–Crippen MR) is 57.0 cm³/mol. The topological polar surface area (TPSA) is 58.0 Å². The van der Waals surface area contributed by atoms with Gasteiger partial charge in [-0.05, 0) is 35.7 Å². The van der Waals surface area contributed by atoms with Crippen LogP contribution in [0.2, 0.25) is 0 Å². The van der Waals surface area contributed by atoms with Crippen LogP contribution in [0.4, 0.5) is 5.13 Å². The summed E-state index contributed by atoms with van der Waals surface area (Å²) in [5, 5.41) is 20.6. The third kappa shape index (κ3) is 4.54. The molecule has 0 aliphatic heterocycles. The van der Waals surface area contributed by atoms with E-state index in [4.69, 9.17) is 5.11 Å². The van der Waals surface area contributed by atoms with Gasteiger partial charge in [0, 0.05) is 6.54 Å². The Morgan fingerprint density at radius 2 is 2.38 bits per heavy atom. The predicted octanol–water partition coefficient (Wildman–Crippen LogP) is 1.87. The van der Waals surface area contributed by atoms with E-state index in [2.05, 4.69) is 31.4 Å². The van der Waals surface area contributed by atoms with Gasteiger partial charge in [-0.15, -0.1) is 10.2 Å². The summed E-state index contributed by atoms with van der Waals surface area (Å²) in [4.78, 5) is 0. The molecule has 0 spiro atoms. The summed E-state index contributed by atoms with van der Waals surface area (Å²) >= 11 is 4.70. The summed E-state index contributed by atoms with van der Waals surface area (Å²) in [5.74, 6) is 0. The molecule has 0 bridgehead atoms. The summed E-state index contributed by atoms with van der Waals surface area (Å²) < 4.78 is 0.783. The van der Waals surface area contributed by atoms with Crippen LogP contribution in [0.5, 0.6) is 0 Å². The van der Waals surface area contributed by atoms with E-state index >= 15 is 0 Å². The molecule has 0 saturated carbocycles. The van der Waals surface area contributed by atoms with Crippen molar-refractivity contribution in [2.45, 2.75) is 25.9 Å². The number of hydrogen-bond donors (Lipinski definition) is 2. The lowest BCUT2D eigenvalue weighted by molar-refractivity contribution is 0.183. The fourth-order valence-corrected chi connectivity index (χ4v) is 1.91. The Kier molecular flexibility index (Phi) is 4.61. The van der Waals surface area contributed by atoms with Gasteiger partial charge < -0.3 is 10.4 Å². The van der Waals surface area contributed by atoms with Crippen LogP contribution in [-0.4, -0.2) is 28.0 Å². The molecule has 0 amide bonds. The maximum absolute atomic E-state index is 8.99. The molecular formula is C7H12BrN3OS. The minimum Gasteiger partial charge on any atom is -0.393 e. The zero-order valence-corrected chi connectivity index (χ0v) is 9.73. The molecule has 0 saturated heterocycles. The van der Waals surface area contributed by atoms with Crippen LogP contribution in [0.15, 0.2) is 3.92 Å². The minimum absolute atomic E-state index is 0.219. The van der Waals surface area contributed by atoms with E-state index in [9.17, 15) is 0 Å². The largest absolute Gasteiger partial charge is 0.393 e. The van der Waals surface area contributed by atoms with Gasteiger partial charge >= 0.3 is 0 Å². The van der Waals surface area contributed by atoms with Gasteiger partial charge in [0.2, 0.25) is 5.13 Å². The highest BCUT2D eigenvalue weighted by Gasteiger charge is 2.00. The molecule has 74 valence electrons. The Bertz CT molecular complexity index is 254.